The van der Waals surface area contributed by atoms with Gasteiger partial charge in [-0.05, 0) is 24.6 Å². The number of urea groups is 1. The highest BCUT2D eigenvalue weighted by atomic mass is 32.2. The van der Waals surface area contributed by atoms with Crippen LogP contribution in [0.2, 0.25) is 0 Å². The maximum absolute atomic E-state index is 12.9. The molecule has 3 N–H and O–H groups in total. The molecule has 1 aromatic rings. The predicted molar refractivity (Wildman–Crippen MR) is 89.6 cm³/mol. The Kier molecular flexibility index (Phi) is 6.68. The van der Waals surface area contributed by atoms with Gasteiger partial charge in [-0.1, -0.05) is 32.9 Å². The van der Waals surface area contributed by atoms with E-state index in [0.29, 0.717) is 12.1 Å². The molecule has 124 valence electrons. The zero-order valence-corrected chi connectivity index (χ0v) is 14.4. The Morgan fingerprint density at radius 2 is 1.77 bits per heavy atom. The van der Waals surface area contributed by atoms with Crippen LogP contribution in [0.3, 0.4) is 0 Å². The van der Waals surface area contributed by atoms with Crippen LogP contribution in [0.15, 0.2) is 24.3 Å². The van der Waals surface area contributed by atoms with Gasteiger partial charge in [0.15, 0.2) is 0 Å². The average Bonchev–Trinajstić information content (AvgIpc) is 2.41. The minimum atomic E-state index is -1.24. The van der Waals surface area contributed by atoms with Crippen LogP contribution in [0.25, 0.3) is 0 Å². The molecule has 0 aliphatic heterocycles. The molecule has 6 heteroatoms. The number of thioether (sulfide) groups is 1. The summed E-state index contributed by atoms with van der Waals surface area (Å²) < 4.78 is 13.1. The van der Waals surface area contributed by atoms with E-state index in [1.165, 1.54) is 24.3 Å². The first-order valence-electron chi connectivity index (χ1n) is 7.24. The van der Waals surface area contributed by atoms with Gasteiger partial charge in [0.1, 0.15) is 11.4 Å². The van der Waals surface area contributed by atoms with Crippen LogP contribution in [-0.2, 0) is 5.60 Å². The number of aliphatic hydroxyl groups is 1. The maximum Gasteiger partial charge on any atom is 0.314 e. The Balaban J connectivity index is 2.35. The molecule has 2 amide bonds. The molecule has 0 aliphatic rings. The van der Waals surface area contributed by atoms with Crippen molar-refractivity contribution >= 4 is 17.8 Å². The van der Waals surface area contributed by atoms with E-state index in [9.17, 15) is 14.3 Å². The zero-order chi connectivity index (χ0) is 16.8. The van der Waals surface area contributed by atoms with E-state index in [2.05, 4.69) is 31.4 Å². The van der Waals surface area contributed by atoms with Gasteiger partial charge in [0.25, 0.3) is 0 Å². The minimum Gasteiger partial charge on any atom is -0.384 e. The van der Waals surface area contributed by atoms with E-state index in [4.69, 9.17) is 0 Å². The Bertz CT molecular complexity index is 484. The molecule has 4 nitrogen and oxygen atoms in total. The van der Waals surface area contributed by atoms with E-state index in [1.54, 1.807) is 18.7 Å². The summed E-state index contributed by atoms with van der Waals surface area (Å²) in [6, 6.07) is 5.27. The minimum absolute atomic E-state index is 0.0525. The fourth-order valence-electron chi connectivity index (χ4n) is 1.75. The third-order valence-corrected chi connectivity index (χ3v) is 4.26. The summed E-state index contributed by atoms with van der Waals surface area (Å²) in [5, 5.41) is 15.7. The van der Waals surface area contributed by atoms with E-state index in [1.807, 2.05) is 0 Å². The van der Waals surface area contributed by atoms with Gasteiger partial charge in [-0.3, -0.25) is 0 Å². The molecule has 0 saturated heterocycles. The van der Waals surface area contributed by atoms with Gasteiger partial charge >= 0.3 is 6.03 Å². The first-order chi connectivity index (χ1) is 10.1. The molecule has 1 rings (SSSR count). The first kappa shape index (κ1) is 18.8. The van der Waals surface area contributed by atoms with Gasteiger partial charge < -0.3 is 15.7 Å². The molecular weight excluding hydrogens is 303 g/mol. The lowest BCUT2D eigenvalue weighted by molar-refractivity contribution is 0.0593. The van der Waals surface area contributed by atoms with Crippen LogP contribution in [0, 0.1) is 5.82 Å². The summed E-state index contributed by atoms with van der Waals surface area (Å²) in [7, 11) is 0. The number of hydrogen-bond acceptors (Lipinski definition) is 3. The quantitative estimate of drug-likeness (QED) is 0.704. The molecule has 0 fully saturated rings. The summed E-state index contributed by atoms with van der Waals surface area (Å²) >= 11 is 1.77. The van der Waals surface area contributed by atoms with E-state index < -0.39 is 5.60 Å². The van der Waals surface area contributed by atoms with Crippen LogP contribution >= 0.6 is 11.8 Å². The van der Waals surface area contributed by atoms with Gasteiger partial charge in [0, 0.05) is 17.0 Å². The van der Waals surface area contributed by atoms with E-state index >= 15 is 0 Å². The molecule has 0 aliphatic carbocycles. The van der Waals surface area contributed by atoms with Crippen LogP contribution in [0.5, 0.6) is 0 Å². The highest BCUT2D eigenvalue weighted by Crippen LogP contribution is 2.22. The molecule has 1 aromatic carbocycles. The highest BCUT2D eigenvalue weighted by molar-refractivity contribution is 8.00. The molecule has 22 heavy (non-hydrogen) atoms. The third kappa shape index (κ3) is 7.13. The van der Waals surface area contributed by atoms with Crippen LogP contribution in [-0.4, -0.2) is 34.7 Å². The van der Waals surface area contributed by atoms with Gasteiger partial charge in [-0.25, -0.2) is 9.18 Å². The predicted octanol–water partition coefficient (Wildman–Crippen LogP) is 2.86. The molecule has 1 atom stereocenters. The van der Waals surface area contributed by atoms with Gasteiger partial charge in [0.05, 0.1) is 6.54 Å². The van der Waals surface area contributed by atoms with Crippen molar-refractivity contribution in [2.45, 2.75) is 38.0 Å². The molecule has 0 bridgehead atoms. The molecule has 1 unspecified atom stereocenters. The lowest BCUT2D eigenvalue weighted by atomic mass is 9.96. The summed E-state index contributed by atoms with van der Waals surface area (Å²) in [5.74, 6) is 0.465. The van der Waals surface area contributed by atoms with Crippen molar-refractivity contribution in [3.8, 4) is 0 Å². The number of amides is 2. The lowest BCUT2D eigenvalue weighted by Gasteiger charge is -2.24. The third-order valence-electron chi connectivity index (χ3n) is 2.98. The van der Waals surface area contributed by atoms with Crippen LogP contribution in [0.1, 0.15) is 33.3 Å². The fourth-order valence-corrected chi connectivity index (χ4v) is 2.56. The molecule has 0 saturated carbocycles. The van der Waals surface area contributed by atoms with Crippen molar-refractivity contribution < 1.29 is 14.3 Å². The second-order valence-corrected chi connectivity index (χ2v) is 8.27. The average molecular weight is 328 g/mol. The summed E-state index contributed by atoms with van der Waals surface area (Å²) in [6.07, 6.45) is 0. The van der Waals surface area contributed by atoms with Crippen LogP contribution in [0.4, 0.5) is 9.18 Å². The van der Waals surface area contributed by atoms with Crippen molar-refractivity contribution in [2.75, 3.05) is 18.8 Å². The largest absolute Gasteiger partial charge is 0.384 e. The molecule has 0 spiro atoms. The maximum atomic E-state index is 12.9. The van der Waals surface area contributed by atoms with Gasteiger partial charge in [0.2, 0.25) is 0 Å². The topological polar surface area (TPSA) is 61.4 Å². The number of benzene rings is 1. The number of carbonyl (C=O) groups excluding carboxylic acids is 1. The highest BCUT2D eigenvalue weighted by Gasteiger charge is 2.23. The zero-order valence-electron chi connectivity index (χ0n) is 13.6. The fraction of sp³-hybridized carbons (Fsp3) is 0.562. The Morgan fingerprint density at radius 1 is 1.18 bits per heavy atom. The van der Waals surface area contributed by atoms with Crippen molar-refractivity contribution in [1.82, 2.24) is 10.6 Å². The number of rotatable bonds is 6. The first-order valence-corrected chi connectivity index (χ1v) is 8.23. The normalized spacial score (nSPS) is 14.3. The molecule has 0 aromatic heterocycles. The van der Waals surface area contributed by atoms with Gasteiger partial charge in [-0.15, -0.1) is 0 Å². The van der Waals surface area contributed by atoms with Gasteiger partial charge in [-0.2, -0.15) is 11.8 Å². The van der Waals surface area contributed by atoms with Crippen LogP contribution < -0.4 is 10.6 Å². The van der Waals surface area contributed by atoms with E-state index in [0.717, 1.165) is 5.75 Å². The van der Waals surface area contributed by atoms with Crippen molar-refractivity contribution in [3.63, 3.8) is 0 Å². The number of nitrogens with one attached hydrogen (secondary N) is 2. The van der Waals surface area contributed by atoms with Crippen molar-refractivity contribution in [3.05, 3.63) is 35.6 Å². The number of carbonyl (C=O) groups is 1. The molecular formula is C16H25FN2O2S. The number of halogens is 1. The Hall–Kier alpha value is -1.27. The van der Waals surface area contributed by atoms with Crippen molar-refractivity contribution in [2.24, 2.45) is 0 Å². The Morgan fingerprint density at radius 3 is 2.32 bits per heavy atom. The Labute approximate surface area is 135 Å². The lowest BCUT2D eigenvalue weighted by Crippen LogP contribution is -2.44. The smallest absolute Gasteiger partial charge is 0.314 e. The summed E-state index contributed by atoms with van der Waals surface area (Å²) in [4.78, 5) is 11.7. The summed E-state index contributed by atoms with van der Waals surface area (Å²) in [5.41, 5.74) is -0.692. The van der Waals surface area contributed by atoms with E-state index in [-0.39, 0.29) is 23.1 Å². The standard InChI is InChI=1S/C16H25FN2O2S/c1-15(2,3)22-10-9-18-14(20)19-11-16(4,21)12-5-7-13(17)8-6-12/h5-8,21H,9-11H2,1-4H3,(H2,18,19,20). The molecule has 0 heterocycles. The molecule has 0 radical (unpaired) electrons. The SMILES string of the molecule is CC(C)(C)SCCNC(=O)NCC(C)(O)c1ccc(F)cc1. The summed E-state index contributed by atoms with van der Waals surface area (Å²) in [6.45, 7) is 8.56. The second kappa shape index (κ2) is 7.83. The van der Waals surface area contributed by atoms with Crippen molar-refractivity contribution in [1.29, 1.82) is 0 Å². The number of hydrogen-bond donors (Lipinski definition) is 3. The monoisotopic (exact) mass is 328 g/mol. The second-order valence-electron chi connectivity index (χ2n) is 6.35.